The van der Waals surface area contributed by atoms with E-state index < -0.39 is 46.8 Å². The van der Waals surface area contributed by atoms with Gasteiger partial charge >= 0.3 is 15.6 Å². The minimum absolute atomic E-state index is 0.225. The van der Waals surface area contributed by atoms with Gasteiger partial charge in [0.25, 0.3) is 0 Å². The first-order valence-electron chi connectivity index (χ1n) is 10.1. The largest absolute Gasteiger partial charge is 0.523 e. The van der Waals surface area contributed by atoms with Crippen molar-refractivity contribution in [3.63, 3.8) is 0 Å². The van der Waals surface area contributed by atoms with Crippen LogP contribution in [0.2, 0.25) is 0 Å². The van der Waals surface area contributed by atoms with Crippen LogP contribution >= 0.6 is 0 Å². The van der Waals surface area contributed by atoms with Crippen LogP contribution in [0, 0.1) is 0 Å². The van der Waals surface area contributed by atoms with Crippen molar-refractivity contribution in [1.29, 1.82) is 0 Å². The van der Waals surface area contributed by atoms with E-state index in [0.29, 0.717) is 26.1 Å². The molecule has 174 valence electrons. The van der Waals surface area contributed by atoms with E-state index in [1.54, 1.807) is 0 Å². The minimum atomic E-state index is -5.80. The Kier molecular flexibility index (Phi) is 12.0. The predicted molar refractivity (Wildman–Crippen MR) is 99.7 cm³/mol. The highest BCUT2D eigenvalue weighted by molar-refractivity contribution is 7.87. The second-order valence-electron chi connectivity index (χ2n) is 6.84. The van der Waals surface area contributed by atoms with Crippen molar-refractivity contribution in [1.82, 2.24) is 0 Å². The molecular formula is C18H33F3O7S. The van der Waals surface area contributed by atoms with Crippen molar-refractivity contribution in [3.05, 3.63) is 0 Å². The van der Waals surface area contributed by atoms with Gasteiger partial charge in [0.15, 0.2) is 6.29 Å². The molecule has 29 heavy (non-hydrogen) atoms. The van der Waals surface area contributed by atoms with E-state index >= 15 is 0 Å². The maximum absolute atomic E-state index is 12.8. The predicted octanol–water partition coefficient (Wildman–Crippen LogP) is 3.76. The number of hydrogen-bond donors (Lipinski definition) is 0. The van der Waals surface area contributed by atoms with Crippen molar-refractivity contribution < 1.29 is 44.7 Å². The molecule has 0 aromatic carbocycles. The lowest BCUT2D eigenvalue weighted by Crippen LogP contribution is -2.58. The summed E-state index contributed by atoms with van der Waals surface area (Å²) >= 11 is 0. The van der Waals surface area contributed by atoms with E-state index in [4.69, 9.17) is 18.9 Å². The Bertz CT molecular complexity index is 542. The van der Waals surface area contributed by atoms with Crippen molar-refractivity contribution in [2.75, 3.05) is 26.4 Å². The molecule has 0 aliphatic carbocycles. The SMILES string of the molecule is CCCCO[C@@H]1OC[C@H](OS(=O)(=O)C(F)(F)F)[C@@H](OCCCC)[C@@H]1OCCCC. The Labute approximate surface area is 171 Å². The number of hydrogen-bond acceptors (Lipinski definition) is 7. The lowest BCUT2D eigenvalue weighted by atomic mass is 10.0. The lowest BCUT2D eigenvalue weighted by molar-refractivity contribution is -0.285. The third-order valence-corrected chi connectivity index (χ3v) is 5.38. The molecule has 0 aromatic heterocycles. The van der Waals surface area contributed by atoms with Gasteiger partial charge in [-0.25, -0.2) is 0 Å². The first-order valence-corrected chi connectivity index (χ1v) is 11.5. The molecule has 1 aliphatic heterocycles. The molecule has 7 nitrogen and oxygen atoms in total. The summed E-state index contributed by atoms with van der Waals surface area (Å²) in [6.07, 6.45) is 0.325. The molecule has 0 radical (unpaired) electrons. The zero-order valence-electron chi connectivity index (χ0n) is 17.3. The topological polar surface area (TPSA) is 80.3 Å². The number of unbranched alkanes of at least 4 members (excludes halogenated alkanes) is 3. The summed E-state index contributed by atoms with van der Waals surface area (Å²) in [7, 11) is -5.80. The van der Waals surface area contributed by atoms with Gasteiger partial charge in [0.05, 0.1) is 6.61 Å². The molecule has 0 unspecified atom stereocenters. The van der Waals surface area contributed by atoms with Crippen molar-refractivity contribution in [2.45, 2.75) is 89.4 Å². The third kappa shape index (κ3) is 8.66. The Balaban J connectivity index is 3.02. The molecular weight excluding hydrogens is 417 g/mol. The van der Waals surface area contributed by atoms with Gasteiger partial charge in [-0.1, -0.05) is 40.0 Å². The number of alkyl halides is 3. The summed E-state index contributed by atoms with van der Waals surface area (Å²) in [5.74, 6) is 0. The Hall–Kier alpha value is -0.460. The highest BCUT2D eigenvalue weighted by Crippen LogP contribution is 2.31. The van der Waals surface area contributed by atoms with Gasteiger partial charge in [-0.15, -0.1) is 0 Å². The Morgan fingerprint density at radius 3 is 1.83 bits per heavy atom. The molecule has 0 amide bonds. The average molecular weight is 451 g/mol. The van der Waals surface area contributed by atoms with Gasteiger partial charge in [-0.3, -0.25) is 4.18 Å². The molecule has 11 heteroatoms. The van der Waals surface area contributed by atoms with Crippen LogP contribution < -0.4 is 0 Å². The smallest absolute Gasteiger partial charge is 0.372 e. The molecule has 0 bridgehead atoms. The fourth-order valence-electron chi connectivity index (χ4n) is 2.64. The van der Waals surface area contributed by atoms with Gasteiger partial charge < -0.3 is 18.9 Å². The highest BCUT2D eigenvalue weighted by Gasteiger charge is 2.52. The fourth-order valence-corrected chi connectivity index (χ4v) is 3.24. The lowest BCUT2D eigenvalue weighted by Gasteiger charge is -2.41. The van der Waals surface area contributed by atoms with E-state index in [1.165, 1.54) is 0 Å². The second kappa shape index (κ2) is 13.1. The zero-order chi connectivity index (χ0) is 21.9. The quantitative estimate of drug-likeness (QED) is 0.226. The van der Waals surface area contributed by atoms with Crippen molar-refractivity contribution in [3.8, 4) is 0 Å². The normalized spacial score (nSPS) is 26.0. The molecule has 0 saturated carbocycles. The van der Waals surface area contributed by atoms with Gasteiger partial charge in [0.2, 0.25) is 0 Å². The number of ether oxygens (including phenoxy) is 4. The molecule has 0 N–H and O–H groups in total. The maximum atomic E-state index is 12.8. The molecule has 1 heterocycles. The number of halogens is 3. The van der Waals surface area contributed by atoms with Crippen LogP contribution in [-0.4, -0.2) is 65.0 Å². The Morgan fingerprint density at radius 2 is 1.34 bits per heavy atom. The van der Waals surface area contributed by atoms with Gasteiger partial charge in [0, 0.05) is 19.8 Å². The molecule has 0 aromatic rings. The molecule has 4 atom stereocenters. The van der Waals surface area contributed by atoms with Gasteiger partial charge in [-0.05, 0) is 19.3 Å². The monoisotopic (exact) mass is 450 g/mol. The standard InChI is InChI=1S/C18H33F3O7S/c1-4-7-10-24-15-14(28-29(22,23)18(19,20)21)13-27-17(26-12-9-6-3)16(15)25-11-8-5-2/h14-17H,4-13H2,1-3H3/t14-,15+,16-,17+/m0/s1. The molecule has 1 saturated heterocycles. The van der Waals surface area contributed by atoms with Crippen LogP contribution in [0.25, 0.3) is 0 Å². The first kappa shape index (κ1) is 26.6. The van der Waals surface area contributed by atoms with Crippen LogP contribution in [0.5, 0.6) is 0 Å². The molecule has 1 fully saturated rings. The van der Waals surface area contributed by atoms with E-state index in [1.807, 2.05) is 20.8 Å². The third-order valence-electron chi connectivity index (χ3n) is 4.31. The van der Waals surface area contributed by atoms with Crippen molar-refractivity contribution in [2.24, 2.45) is 0 Å². The van der Waals surface area contributed by atoms with E-state index in [0.717, 1.165) is 25.7 Å². The fraction of sp³-hybridized carbons (Fsp3) is 1.00. The highest BCUT2D eigenvalue weighted by atomic mass is 32.2. The van der Waals surface area contributed by atoms with Crippen molar-refractivity contribution >= 4 is 10.1 Å². The van der Waals surface area contributed by atoms with Crippen LogP contribution in [0.4, 0.5) is 13.2 Å². The van der Waals surface area contributed by atoms with E-state index in [2.05, 4.69) is 4.18 Å². The van der Waals surface area contributed by atoms with Crippen LogP contribution in [-0.2, 0) is 33.2 Å². The number of rotatable bonds is 14. The van der Waals surface area contributed by atoms with Crippen LogP contribution in [0.3, 0.4) is 0 Å². The molecule has 1 rings (SSSR count). The van der Waals surface area contributed by atoms with Gasteiger partial charge in [-0.2, -0.15) is 21.6 Å². The second-order valence-corrected chi connectivity index (χ2v) is 8.40. The van der Waals surface area contributed by atoms with Gasteiger partial charge in [0.1, 0.15) is 18.3 Å². The summed E-state index contributed by atoms with van der Waals surface area (Å²) in [5, 5.41) is 0. The maximum Gasteiger partial charge on any atom is 0.523 e. The molecule has 1 aliphatic rings. The van der Waals surface area contributed by atoms with Crippen LogP contribution in [0.1, 0.15) is 59.3 Å². The summed E-state index contributed by atoms with van der Waals surface area (Å²) in [6.45, 7) is 6.38. The van der Waals surface area contributed by atoms with Crippen LogP contribution in [0.15, 0.2) is 0 Å². The van der Waals surface area contributed by atoms with E-state index in [-0.39, 0.29) is 6.61 Å². The average Bonchev–Trinajstić information content (AvgIpc) is 2.64. The van der Waals surface area contributed by atoms with E-state index in [9.17, 15) is 21.6 Å². The summed E-state index contributed by atoms with van der Waals surface area (Å²) in [5.41, 5.74) is -5.53. The Morgan fingerprint density at radius 1 is 0.862 bits per heavy atom. The zero-order valence-corrected chi connectivity index (χ0v) is 18.1. The first-order chi connectivity index (χ1) is 13.7. The molecule has 0 spiro atoms. The minimum Gasteiger partial charge on any atom is -0.372 e. The summed E-state index contributed by atoms with van der Waals surface area (Å²) < 4.78 is 88.6. The summed E-state index contributed by atoms with van der Waals surface area (Å²) in [4.78, 5) is 0. The summed E-state index contributed by atoms with van der Waals surface area (Å²) in [6, 6.07) is 0.